The van der Waals surface area contributed by atoms with Crippen LogP contribution in [0.2, 0.25) is 5.02 Å². The first-order valence-corrected chi connectivity index (χ1v) is 8.35. The van der Waals surface area contributed by atoms with E-state index in [9.17, 15) is 9.18 Å². The molecule has 3 rings (SSSR count). The number of methoxy groups -OCH3 is 1. The summed E-state index contributed by atoms with van der Waals surface area (Å²) in [6.45, 7) is 1.66. The number of nitrogens with zero attached hydrogens (tertiary/aromatic N) is 2. The van der Waals surface area contributed by atoms with Crippen molar-refractivity contribution in [2.45, 2.75) is 6.92 Å². The first kappa shape index (κ1) is 18.6. The number of hydrogen-bond acceptors (Lipinski definition) is 5. The van der Waals surface area contributed by atoms with Crippen molar-refractivity contribution in [2.75, 3.05) is 17.7 Å². The van der Waals surface area contributed by atoms with Gasteiger partial charge in [-0.3, -0.25) is 4.79 Å². The molecule has 0 radical (unpaired) electrons. The van der Waals surface area contributed by atoms with Gasteiger partial charge in [-0.25, -0.2) is 14.4 Å². The zero-order chi connectivity index (χ0) is 19.4. The molecule has 0 aliphatic heterocycles. The van der Waals surface area contributed by atoms with Crippen molar-refractivity contribution in [1.82, 2.24) is 9.97 Å². The Morgan fingerprint density at radius 3 is 2.70 bits per heavy atom. The van der Waals surface area contributed by atoms with Crippen LogP contribution in [0, 0.1) is 12.7 Å². The van der Waals surface area contributed by atoms with Gasteiger partial charge in [-0.15, -0.1) is 0 Å². The average Bonchev–Trinajstić information content (AvgIpc) is 2.61. The van der Waals surface area contributed by atoms with Crippen LogP contribution in [0.25, 0.3) is 0 Å². The van der Waals surface area contributed by atoms with Crippen molar-refractivity contribution in [3.05, 3.63) is 70.9 Å². The van der Waals surface area contributed by atoms with Crippen molar-refractivity contribution in [2.24, 2.45) is 0 Å². The van der Waals surface area contributed by atoms with Crippen LogP contribution in [0.15, 0.2) is 48.5 Å². The lowest BCUT2D eigenvalue weighted by atomic mass is 10.2. The lowest BCUT2D eigenvalue weighted by molar-refractivity contribution is 0.102. The summed E-state index contributed by atoms with van der Waals surface area (Å²) in [6.07, 6.45) is 0. The highest BCUT2D eigenvalue weighted by atomic mass is 35.5. The molecular formula is C19H16ClFN4O2. The number of ether oxygens (including phenoxy) is 1. The summed E-state index contributed by atoms with van der Waals surface area (Å²) in [7, 11) is 1.49. The summed E-state index contributed by atoms with van der Waals surface area (Å²) in [5.74, 6) is 0.396. The first-order valence-electron chi connectivity index (χ1n) is 7.98. The quantitative estimate of drug-likeness (QED) is 0.671. The molecule has 1 heterocycles. The maximum atomic E-state index is 13.3. The summed E-state index contributed by atoms with van der Waals surface area (Å²) in [6, 6.07) is 12.3. The van der Waals surface area contributed by atoms with E-state index in [0.717, 1.165) is 0 Å². The summed E-state index contributed by atoms with van der Waals surface area (Å²) >= 11 is 5.98. The van der Waals surface area contributed by atoms with Crippen LogP contribution in [0.3, 0.4) is 0 Å². The van der Waals surface area contributed by atoms with Crippen molar-refractivity contribution < 1.29 is 13.9 Å². The molecule has 1 amide bonds. The highest BCUT2D eigenvalue weighted by Gasteiger charge is 2.14. The number of nitrogens with one attached hydrogen (secondary N) is 2. The number of amides is 1. The SMILES string of the molecule is COc1ccc(Cl)cc1NC(=O)c1cc(Nc2cccc(F)c2)nc(C)n1. The standard InChI is InChI=1S/C19H16ClFN4O2/c1-11-22-16(10-18(23-11)24-14-5-3-4-13(21)9-14)19(26)25-15-8-12(20)6-7-17(15)27-2/h3-10H,1-2H3,(H,25,26)(H,22,23,24). The Kier molecular flexibility index (Phi) is 5.52. The van der Waals surface area contributed by atoms with Crippen LogP contribution in [-0.4, -0.2) is 23.0 Å². The van der Waals surface area contributed by atoms with Gasteiger partial charge in [0.15, 0.2) is 0 Å². The number of carbonyl (C=O) groups excluding carboxylic acids is 1. The molecule has 3 aromatic rings. The Labute approximate surface area is 160 Å². The number of rotatable bonds is 5. The number of carbonyl (C=O) groups is 1. The normalized spacial score (nSPS) is 10.4. The smallest absolute Gasteiger partial charge is 0.274 e. The van der Waals surface area contributed by atoms with Gasteiger partial charge in [0.05, 0.1) is 12.8 Å². The van der Waals surface area contributed by atoms with Crippen LogP contribution in [0.4, 0.5) is 21.6 Å². The van der Waals surface area contributed by atoms with E-state index < -0.39 is 5.91 Å². The van der Waals surface area contributed by atoms with Gasteiger partial charge < -0.3 is 15.4 Å². The predicted molar refractivity (Wildman–Crippen MR) is 102 cm³/mol. The number of anilines is 3. The molecule has 6 nitrogen and oxygen atoms in total. The zero-order valence-corrected chi connectivity index (χ0v) is 15.3. The number of aromatic nitrogens is 2. The van der Waals surface area contributed by atoms with E-state index in [1.54, 1.807) is 37.3 Å². The Balaban J connectivity index is 1.85. The Morgan fingerprint density at radius 2 is 1.96 bits per heavy atom. The first-order chi connectivity index (χ1) is 12.9. The van der Waals surface area contributed by atoms with Gasteiger partial charge in [0, 0.05) is 16.8 Å². The van der Waals surface area contributed by atoms with Crippen molar-refractivity contribution in [3.63, 3.8) is 0 Å². The van der Waals surface area contributed by atoms with Crippen molar-refractivity contribution in [1.29, 1.82) is 0 Å². The zero-order valence-electron chi connectivity index (χ0n) is 14.6. The number of aryl methyl sites for hydroxylation is 1. The molecule has 138 valence electrons. The second kappa shape index (κ2) is 8.01. The highest BCUT2D eigenvalue weighted by molar-refractivity contribution is 6.31. The third kappa shape index (κ3) is 4.71. The second-order valence-electron chi connectivity index (χ2n) is 5.62. The number of benzene rings is 2. The van der Waals surface area contributed by atoms with Gasteiger partial charge >= 0.3 is 0 Å². The van der Waals surface area contributed by atoms with Crippen LogP contribution in [0.1, 0.15) is 16.3 Å². The van der Waals surface area contributed by atoms with Gasteiger partial charge in [0.1, 0.15) is 28.9 Å². The summed E-state index contributed by atoms with van der Waals surface area (Å²) < 4.78 is 18.6. The minimum Gasteiger partial charge on any atom is -0.495 e. The van der Waals surface area contributed by atoms with Crippen molar-refractivity contribution in [3.8, 4) is 5.75 Å². The van der Waals surface area contributed by atoms with Crippen LogP contribution < -0.4 is 15.4 Å². The highest BCUT2D eigenvalue weighted by Crippen LogP contribution is 2.28. The van der Waals surface area contributed by atoms with E-state index in [2.05, 4.69) is 20.6 Å². The molecule has 1 aromatic heterocycles. The molecule has 27 heavy (non-hydrogen) atoms. The molecule has 2 aromatic carbocycles. The lowest BCUT2D eigenvalue weighted by Crippen LogP contribution is -2.16. The topological polar surface area (TPSA) is 76.1 Å². The van der Waals surface area contributed by atoms with E-state index >= 15 is 0 Å². The van der Waals surface area contributed by atoms with E-state index in [1.165, 1.54) is 25.3 Å². The van der Waals surface area contributed by atoms with Gasteiger partial charge in [-0.2, -0.15) is 0 Å². The monoisotopic (exact) mass is 386 g/mol. The molecule has 8 heteroatoms. The number of hydrogen-bond donors (Lipinski definition) is 2. The third-order valence-corrected chi connectivity index (χ3v) is 3.81. The molecule has 0 saturated carbocycles. The molecule has 0 saturated heterocycles. The number of halogens is 2. The van der Waals surface area contributed by atoms with Crippen LogP contribution >= 0.6 is 11.6 Å². The fraction of sp³-hybridized carbons (Fsp3) is 0.105. The van der Waals surface area contributed by atoms with E-state index in [1.807, 2.05) is 0 Å². The predicted octanol–water partition coefficient (Wildman–Crippen LogP) is 4.58. The van der Waals surface area contributed by atoms with E-state index in [4.69, 9.17) is 16.3 Å². The average molecular weight is 387 g/mol. The van der Waals surface area contributed by atoms with Gasteiger partial charge in [0.2, 0.25) is 0 Å². The molecule has 0 aliphatic carbocycles. The third-order valence-electron chi connectivity index (χ3n) is 3.58. The molecule has 0 atom stereocenters. The van der Waals surface area contributed by atoms with E-state index in [0.29, 0.717) is 33.8 Å². The minimum atomic E-state index is -0.455. The fourth-order valence-electron chi connectivity index (χ4n) is 2.43. The molecule has 0 fully saturated rings. The fourth-order valence-corrected chi connectivity index (χ4v) is 2.60. The lowest BCUT2D eigenvalue weighted by Gasteiger charge is -2.12. The van der Waals surface area contributed by atoms with E-state index in [-0.39, 0.29) is 11.5 Å². The van der Waals surface area contributed by atoms with Crippen molar-refractivity contribution >= 4 is 34.7 Å². The molecule has 0 spiro atoms. The molecule has 2 N–H and O–H groups in total. The Bertz CT molecular complexity index is 997. The Hall–Kier alpha value is -3.19. The van der Waals surface area contributed by atoms with Crippen LogP contribution in [0.5, 0.6) is 5.75 Å². The van der Waals surface area contributed by atoms with Crippen LogP contribution in [-0.2, 0) is 0 Å². The molecule has 0 aliphatic rings. The minimum absolute atomic E-state index is 0.142. The summed E-state index contributed by atoms with van der Waals surface area (Å²) in [5, 5.41) is 6.14. The van der Waals surface area contributed by atoms with Gasteiger partial charge in [-0.05, 0) is 43.3 Å². The summed E-state index contributed by atoms with van der Waals surface area (Å²) in [4.78, 5) is 21.0. The van der Waals surface area contributed by atoms with Gasteiger partial charge in [-0.1, -0.05) is 17.7 Å². The largest absolute Gasteiger partial charge is 0.495 e. The molecule has 0 unspecified atom stereocenters. The maximum absolute atomic E-state index is 13.3. The maximum Gasteiger partial charge on any atom is 0.274 e. The summed E-state index contributed by atoms with van der Waals surface area (Å²) in [5.41, 5.74) is 1.07. The van der Waals surface area contributed by atoms with Gasteiger partial charge in [0.25, 0.3) is 5.91 Å². The Morgan fingerprint density at radius 1 is 1.15 bits per heavy atom. The molecule has 0 bridgehead atoms. The second-order valence-corrected chi connectivity index (χ2v) is 6.06. The molecular weight excluding hydrogens is 371 g/mol.